The number of hydrogen-bond acceptors (Lipinski definition) is 4. The minimum absolute atomic E-state index is 0.114. The predicted molar refractivity (Wildman–Crippen MR) is 109 cm³/mol. The lowest BCUT2D eigenvalue weighted by molar-refractivity contribution is 0.0525. The third kappa shape index (κ3) is 3.86. The predicted octanol–water partition coefficient (Wildman–Crippen LogP) is 5.05. The minimum Gasteiger partial charge on any atom is -0.481 e. The zero-order valence-corrected chi connectivity index (χ0v) is 17.3. The van der Waals surface area contributed by atoms with Gasteiger partial charge in [-0.2, -0.15) is 0 Å². The molecule has 1 aliphatic rings. The number of halogens is 4. The highest BCUT2D eigenvalue weighted by molar-refractivity contribution is 6.31. The molecular formula is C21H17ClF3N3O3. The number of carbonyl (C=O) groups excluding carboxylic acids is 1. The number of anilines is 1. The van der Waals surface area contributed by atoms with E-state index in [1.807, 2.05) is 0 Å². The van der Waals surface area contributed by atoms with Crippen molar-refractivity contribution < 1.29 is 27.4 Å². The van der Waals surface area contributed by atoms with Crippen LogP contribution in [0.15, 0.2) is 30.3 Å². The molecule has 162 valence electrons. The van der Waals surface area contributed by atoms with Gasteiger partial charge in [0.05, 0.1) is 37.1 Å². The molecule has 2 aromatic carbocycles. The van der Waals surface area contributed by atoms with E-state index >= 15 is 0 Å². The Bertz CT molecular complexity index is 1190. The summed E-state index contributed by atoms with van der Waals surface area (Å²) in [5, 5.41) is 3.15. The number of nitrogens with zero attached hydrogens (tertiary/aromatic N) is 2. The summed E-state index contributed by atoms with van der Waals surface area (Å²) < 4.78 is 52.2. The van der Waals surface area contributed by atoms with Crippen LogP contribution in [0.1, 0.15) is 17.3 Å². The average Bonchev–Trinajstić information content (AvgIpc) is 2.75. The molecule has 1 unspecified atom stereocenters. The fourth-order valence-corrected chi connectivity index (χ4v) is 3.75. The molecule has 0 saturated heterocycles. The molecule has 6 nitrogen and oxygen atoms in total. The van der Waals surface area contributed by atoms with Gasteiger partial charge in [-0.3, -0.25) is 0 Å². The zero-order chi connectivity index (χ0) is 22.3. The van der Waals surface area contributed by atoms with E-state index in [1.165, 1.54) is 31.2 Å². The van der Waals surface area contributed by atoms with E-state index < -0.39 is 29.5 Å². The summed E-state index contributed by atoms with van der Waals surface area (Å²) in [7, 11) is 2.91. The minimum atomic E-state index is -1.03. The third-order valence-electron chi connectivity index (χ3n) is 5.13. The Hall–Kier alpha value is -3.04. The summed E-state index contributed by atoms with van der Waals surface area (Å²) in [6.07, 6.45) is 0. The van der Waals surface area contributed by atoms with Crippen molar-refractivity contribution in [2.45, 2.75) is 12.6 Å². The van der Waals surface area contributed by atoms with Crippen LogP contribution >= 0.6 is 11.6 Å². The van der Waals surface area contributed by atoms with Gasteiger partial charge in [0.1, 0.15) is 5.82 Å². The standard InChI is InChI=1S/C21H17ClF3N3O3/c1-28(21(29)26-10-3-4-14(23)13(22)5-10)18-9-31-8-17-19(18)11-6-15(24)16(25)7-12(11)20(27-17)30-2/h3-7,18H,8-9H2,1-2H3,(H,26,29). The number of fused-ring (bicyclic) bond motifs is 3. The van der Waals surface area contributed by atoms with Crippen LogP contribution in [0.3, 0.4) is 0 Å². The molecule has 4 rings (SSSR count). The molecule has 31 heavy (non-hydrogen) atoms. The van der Waals surface area contributed by atoms with Crippen molar-refractivity contribution in [1.29, 1.82) is 0 Å². The first-order chi connectivity index (χ1) is 14.8. The van der Waals surface area contributed by atoms with E-state index in [1.54, 1.807) is 0 Å². The number of amides is 2. The maximum atomic E-state index is 14.1. The van der Waals surface area contributed by atoms with Gasteiger partial charge >= 0.3 is 6.03 Å². The van der Waals surface area contributed by atoms with Gasteiger partial charge in [-0.1, -0.05) is 11.6 Å². The summed E-state index contributed by atoms with van der Waals surface area (Å²) in [5.41, 5.74) is 1.29. The molecule has 1 atom stereocenters. The number of rotatable bonds is 3. The Balaban J connectivity index is 1.74. The van der Waals surface area contributed by atoms with Gasteiger partial charge in [0.25, 0.3) is 0 Å². The summed E-state index contributed by atoms with van der Waals surface area (Å²) in [4.78, 5) is 18.6. The number of urea groups is 1. The van der Waals surface area contributed by atoms with Crippen molar-refractivity contribution in [3.05, 3.63) is 64.1 Å². The van der Waals surface area contributed by atoms with Gasteiger partial charge in [-0.15, -0.1) is 0 Å². The number of aromatic nitrogens is 1. The molecule has 0 aliphatic carbocycles. The number of ether oxygens (including phenoxy) is 2. The van der Waals surface area contributed by atoms with Crippen LogP contribution in [-0.2, 0) is 11.3 Å². The summed E-state index contributed by atoms with van der Waals surface area (Å²) in [6.45, 7) is 0.239. The fourth-order valence-electron chi connectivity index (χ4n) is 3.57. The van der Waals surface area contributed by atoms with E-state index in [4.69, 9.17) is 21.1 Å². The Morgan fingerprint density at radius 2 is 1.90 bits per heavy atom. The molecule has 10 heteroatoms. The molecule has 0 spiro atoms. The van der Waals surface area contributed by atoms with Crippen LogP contribution in [0.5, 0.6) is 5.88 Å². The normalized spacial score (nSPS) is 15.5. The first-order valence-electron chi connectivity index (χ1n) is 9.22. The van der Waals surface area contributed by atoms with Crippen molar-refractivity contribution in [1.82, 2.24) is 9.88 Å². The smallest absolute Gasteiger partial charge is 0.322 e. The number of hydrogen-bond donors (Lipinski definition) is 1. The topological polar surface area (TPSA) is 63.7 Å². The van der Waals surface area contributed by atoms with Gasteiger partial charge in [-0.05, 0) is 35.7 Å². The first-order valence-corrected chi connectivity index (χ1v) is 9.60. The molecule has 2 amide bonds. The highest BCUT2D eigenvalue weighted by Gasteiger charge is 2.32. The molecular weight excluding hydrogens is 435 g/mol. The van der Waals surface area contributed by atoms with Gasteiger partial charge < -0.3 is 19.7 Å². The fraction of sp³-hybridized carbons (Fsp3) is 0.238. The van der Waals surface area contributed by atoms with Crippen LogP contribution in [-0.4, -0.2) is 36.7 Å². The summed E-state index contributed by atoms with van der Waals surface area (Å²) in [5.74, 6) is -2.54. The molecule has 1 aliphatic heterocycles. The zero-order valence-electron chi connectivity index (χ0n) is 16.5. The van der Waals surface area contributed by atoms with Crippen LogP contribution in [0.25, 0.3) is 10.8 Å². The molecule has 0 fully saturated rings. The third-order valence-corrected chi connectivity index (χ3v) is 5.42. The number of benzene rings is 2. The Labute approximate surface area is 180 Å². The number of pyridine rings is 1. The van der Waals surface area contributed by atoms with Gasteiger partial charge in [0, 0.05) is 23.7 Å². The van der Waals surface area contributed by atoms with Crippen LogP contribution in [0.4, 0.5) is 23.7 Å². The first kappa shape index (κ1) is 21.2. The van der Waals surface area contributed by atoms with Crippen LogP contribution in [0, 0.1) is 17.5 Å². The van der Waals surface area contributed by atoms with Crippen molar-refractivity contribution in [2.24, 2.45) is 0 Å². The van der Waals surface area contributed by atoms with E-state index in [0.29, 0.717) is 22.3 Å². The molecule has 0 saturated carbocycles. The number of methoxy groups -OCH3 is 1. The van der Waals surface area contributed by atoms with E-state index in [0.717, 1.165) is 18.2 Å². The lowest BCUT2D eigenvalue weighted by Crippen LogP contribution is -2.39. The van der Waals surface area contributed by atoms with Crippen LogP contribution < -0.4 is 10.1 Å². The molecule has 3 aromatic rings. The molecule has 1 N–H and O–H groups in total. The van der Waals surface area contributed by atoms with Gasteiger partial charge in [-0.25, -0.2) is 22.9 Å². The van der Waals surface area contributed by atoms with Gasteiger partial charge in [0.2, 0.25) is 5.88 Å². The van der Waals surface area contributed by atoms with Crippen molar-refractivity contribution in [3.63, 3.8) is 0 Å². The lowest BCUT2D eigenvalue weighted by Gasteiger charge is -2.33. The Morgan fingerprint density at radius 3 is 2.58 bits per heavy atom. The van der Waals surface area contributed by atoms with Crippen molar-refractivity contribution in [2.75, 3.05) is 26.1 Å². The molecule has 1 aromatic heterocycles. The number of likely N-dealkylation sites (N-methyl/N-ethyl adjacent to an activating group) is 1. The largest absolute Gasteiger partial charge is 0.481 e. The quantitative estimate of drug-likeness (QED) is 0.605. The number of carbonyl (C=O) groups is 1. The monoisotopic (exact) mass is 451 g/mol. The lowest BCUT2D eigenvalue weighted by atomic mass is 9.95. The van der Waals surface area contributed by atoms with Crippen LogP contribution in [0.2, 0.25) is 5.02 Å². The molecule has 2 heterocycles. The summed E-state index contributed by atoms with van der Waals surface area (Å²) >= 11 is 5.77. The Kier molecular flexibility index (Phi) is 5.63. The highest BCUT2D eigenvalue weighted by atomic mass is 35.5. The molecule has 0 bridgehead atoms. The second kappa shape index (κ2) is 8.24. The summed E-state index contributed by atoms with van der Waals surface area (Å²) in [6, 6.07) is 4.70. The van der Waals surface area contributed by atoms with E-state index in [9.17, 15) is 18.0 Å². The average molecular weight is 452 g/mol. The van der Waals surface area contributed by atoms with Gasteiger partial charge in [0.15, 0.2) is 11.6 Å². The molecule has 0 radical (unpaired) electrons. The SMILES string of the molecule is COc1nc2c(c3cc(F)c(F)cc13)C(N(C)C(=O)Nc1ccc(F)c(Cl)c1)COC2. The highest BCUT2D eigenvalue weighted by Crippen LogP contribution is 2.38. The van der Waals surface area contributed by atoms with E-state index in [-0.39, 0.29) is 29.5 Å². The second-order valence-electron chi connectivity index (χ2n) is 6.99. The van der Waals surface area contributed by atoms with E-state index in [2.05, 4.69) is 10.3 Å². The maximum absolute atomic E-state index is 14.1. The maximum Gasteiger partial charge on any atom is 0.322 e. The van der Waals surface area contributed by atoms with Crippen molar-refractivity contribution >= 4 is 34.1 Å². The Morgan fingerprint density at radius 1 is 1.19 bits per heavy atom. The second-order valence-corrected chi connectivity index (χ2v) is 7.40. The number of nitrogens with one attached hydrogen (secondary N) is 1. The van der Waals surface area contributed by atoms with Crippen molar-refractivity contribution in [3.8, 4) is 5.88 Å².